The predicted molar refractivity (Wildman–Crippen MR) is 73.7 cm³/mol. The number of esters is 1. The van der Waals surface area contributed by atoms with Crippen molar-refractivity contribution in [2.75, 3.05) is 7.11 Å². The van der Waals surface area contributed by atoms with Crippen LogP contribution in [0.1, 0.15) is 33.6 Å². The van der Waals surface area contributed by atoms with Crippen LogP contribution in [0.2, 0.25) is 0 Å². The maximum absolute atomic E-state index is 12.5. The molecule has 0 aromatic rings. The maximum atomic E-state index is 12.5. The van der Waals surface area contributed by atoms with Crippen LogP contribution in [0.15, 0.2) is 11.5 Å². The summed E-state index contributed by atoms with van der Waals surface area (Å²) >= 11 is 0. The minimum absolute atomic E-state index is 0.0431. The highest BCUT2D eigenvalue weighted by molar-refractivity contribution is 7.90. The van der Waals surface area contributed by atoms with Crippen LogP contribution in [0.5, 0.6) is 0 Å². The lowest BCUT2D eigenvalue weighted by molar-refractivity contribution is -0.135. The van der Waals surface area contributed by atoms with Crippen molar-refractivity contribution in [1.29, 1.82) is 0 Å². The summed E-state index contributed by atoms with van der Waals surface area (Å²) in [6.07, 6.45) is 1.21. The molecule has 2 fully saturated rings. The minimum atomic E-state index is -1.59. The smallest absolute Gasteiger partial charge is 0.346 e. The molecule has 2 rings (SSSR count). The van der Waals surface area contributed by atoms with Crippen LogP contribution < -0.4 is 0 Å². The molecular formula is C14H22O4S. The summed E-state index contributed by atoms with van der Waals surface area (Å²) in [6.45, 7) is 9.86. The van der Waals surface area contributed by atoms with E-state index in [1.54, 1.807) is 0 Å². The standard InChI is InChI=1S/C14H22O4S/c1-8(12(16)18-5)19(17)10-9-6-7-14(4,11(10)15)13(9,2)3/h9-11,15H,1,6-7H2,2-5H3/t9-,10-,11-,14+,19?/m1/s1. The number of carbonyl (C=O) groups excluding carboxylic acids is 1. The molecule has 2 saturated carbocycles. The van der Waals surface area contributed by atoms with E-state index in [2.05, 4.69) is 32.1 Å². The van der Waals surface area contributed by atoms with Crippen molar-refractivity contribution >= 4 is 16.8 Å². The molecule has 2 aliphatic rings. The SMILES string of the molecule is C=C(C(=O)OC)S(=O)[C@@H]1[C@H]2CC[C@@](C)([C@@H]1O)C2(C)C. The van der Waals surface area contributed by atoms with Crippen LogP contribution in [-0.2, 0) is 20.3 Å². The first kappa shape index (κ1) is 14.7. The van der Waals surface area contributed by atoms with Crippen molar-refractivity contribution in [2.24, 2.45) is 16.7 Å². The van der Waals surface area contributed by atoms with E-state index in [1.165, 1.54) is 7.11 Å². The Bertz CT molecular complexity index is 456. The molecule has 4 nitrogen and oxygen atoms in total. The molecule has 0 aromatic heterocycles. The summed E-state index contributed by atoms with van der Waals surface area (Å²) in [4.78, 5) is 11.4. The molecule has 2 bridgehead atoms. The molecule has 19 heavy (non-hydrogen) atoms. The number of ether oxygens (including phenoxy) is 1. The number of methoxy groups -OCH3 is 1. The topological polar surface area (TPSA) is 63.6 Å². The Hall–Kier alpha value is -0.680. The highest BCUT2D eigenvalue weighted by atomic mass is 32.2. The fourth-order valence-electron chi connectivity index (χ4n) is 3.87. The van der Waals surface area contributed by atoms with Gasteiger partial charge in [0.05, 0.1) is 29.3 Å². The van der Waals surface area contributed by atoms with E-state index >= 15 is 0 Å². The molecular weight excluding hydrogens is 264 g/mol. The number of fused-ring (bicyclic) bond motifs is 2. The van der Waals surface area contributed by atoms with E-state index in [-0.39, 0.29) is 21.7 Å². The van der Waals surface area contributed by atoms with E-state index in [0.717, 1.165) is 12.8 Å². The molecule has 0 heterocycles. The fraction of sp³-hybridized carbons (Fsp3) is 0.786. The van der Waals surface area contributed by atoms with Gasteiger partial charge in [-0.15, -0.1) is 0 Å². The van der Waals surface area contributed by atoms with Crippen molar-refractivity contribution < 1.29 is 18.8 Å². The van der Waals surface area contributed by atoms with E-state index < -0.39 is 28.1 Å². The highest BCUT2D eigenvalue weighted by Gasteiger charge is 2.67. The summed E-state index contributed by atoms with van der Waals surface area (Å²) in [5.74, 6) is -0.508. The number of hydrogen-bond donors (Lipinski definition) is 1. The van der Waals surface area contributed by atoms with Crippen molar-refractivity contribution in [2.45, 2.75) is 45.0 Å². The third-order valence-electron chi connectivity index (χ3n) is 5.64. The summed E-state index contributed by atoms with van der Waals surface area (Å²) in [6, 6.07) is 0. The highest BCUT2D eigenvalue weighted by Crippen LogP contribution is 2.66. The van der Waals surface area contributed by atoms with Gasteiger partial charge in [0.25, 0.3) is 0 Å². The Morgan fingerprint density at radius 3 is 2.42 bits per heavy atom. The van der Waals surface area contributed by atoms with Crippen molar-refractivity contribution in [3.8, 4) is 0 Å². The molecule has 108 valence electrons. The van der Waals surface area contributed by atoms with Gasteiger partial charge in [-0.2, -0.15) is 0 Å². The Labute approximate surface area is 116 Å². The van der Waals surface area contributed by atoms with Gasteiger partial charge in [0.1, 0.15) is 4.91 Å². The third-order valence-corrected chi connectivity index (χ3v) is 7.37. The summed E-state index contributed by atoms with van der Waals surface area (Å²) in [7, 11) is -0.348. The van der Waals surface area contributed by atoms with Gasteiger partial charge < -0.3 is 9.84 Å². The second-order valence-electron chi connectivity index (χ2n) is 6.41. The van der Waals surface area contributed by atoms with E-state index in [0.29, 0.717) is 0 Å². The van der Waals surface area contributed by atoms with Gasteiger partial charge in [0, 0.05) is 5.41 Å². The first-order chi connectivity index (χ1) is 8.68. The molecule has 2 aliphatic carbocycles. The number of rotatable bonds is 3. The minimum Gasteiger partial charge on any atom is -0.465 e. The quantitative estimate of drug-likeness (QED) is 0.632. The summed E-state index contributed by atoms with van der Waals surface area (Å²) in [5, 5.41) is 10.1. The summed E-state index contributed by atoms with van der Waals surface area (Å²) < 4.78 is 17.1. The van der Waals surface area contributed by atoms with Crippen molar-refractivity contribution in [1.82, 2.24) is 0 Å². The number of hydrogen-bond acceptors (Lipinski definition) is 4. The van der Waals surface area contributed by atoms with Crippen LogP contribution >= 0.6 is 0 Å². The van der Waals surface area contributed by atoms with Crippen molar-refractivity contribution in [3.63, 3.8) is 0 Å². The van der Waals surface area contributed by atoms with Gasteiger partial charge in [-0.05, 0) is 24.2 Å². The number of aliphatic hydroxyl groups is 1. The first-order valence-electron chi connectivity index (χ1n) is 6.54. The molecule has 0 spiro atoms. The van der Waals surface area contributed by atoms with Crippen LogP contribution in [0.3, 0.4) is 0 Å². The molecule has 5 heteroatoms. The molecule has 1 N–H and O–H groups in total. The van der Waals surface area contributed by atoms with Gasteiger partial charge in [-0.1, -0.05) is 27.4 Å². The van der Waals surface area contributed by atoms with Gasteiger partial charge in [0.15, 0.2) is 0 Å². The van der Waals surface area contributed by atoms with Gasteiger partial charge in [-0.3, -0.25) is 4.21 Å². The van der Waals surface area contributed by atoms with Crippen LogP contribution in [0.4, 0.5) is 0 Å². The lowest BCUT2D eigenvalue weighted by Gasteiger charge is -2.37. The van der Waals surface area contributed by atoms with Crippen LogP contribution in [-0.4, -0.2) is 33.7 Å². The van der Waals surface area contributed by atoms with E-state index in [1.807, 2.05) is 0 Å². The number of aliphatic hydroxyl groups excluding tert-OH is 1. The maximum Gasteiger partial charge on any atom is 0.346 e. The molecule has 0 amide bonds. The molecule has 0 aromatic carbocycles. The normalized spacial score (nSPS) is 41.0. The Kier molecular flexibility index (Phi) is 3.42. The molecule has 5 atom stereocenters. The predicted octanol–water partition coefficient (Wildman–Crippen LogP) is 1.61. The van der Waals surface area contributed by atoms with Gasteiger partial charge in [-0.25, -0.2) is 4.79 Å². The Morgan fingerprint density at radius 2 is 2.00 bits per heavy atom. The lowest BCUT2D eigenvalue weighted by Crippen LogP contribution is -2.42. The zero-order valence-electron chi connectivity index (χ0n) is 11.9. The Morgan fingerprint density at radius 1 is 1.42 bits per heavy atom. The van der Waals surface area contributed by atoms with Crippen LogP contribution in [0.25, 0.3) is 0 Å². The number of carbonyl (C=O) groups is 1. The fourth-order valence-corrected chi connectivity index (χ4v) is 5.76. The first-order valence-corrected chi connectivity index (χ1v) is 7.75. The van der Waals surface area contributed by atoms with E-state index in [4.69, 9.17) is 0 Å². The largest absolute Gasteiger partial charge is 0.465 e. The molecule has 1 unspecified atom stereocenters. The second kappa shape index (κ2) is 4.42. The third kappa shape index (κ3) is 1.74. The van der Waals surface area contributed by atoms with Gasteiger partial charge >= 0.3 is 5.97 Å². The zero-order valence-corrected chi connectivity index (χ0v) is 12.8. The molecule has 0 saturated heterocycles. The van der Waals surface area contributed by atoms with Crippen LogP contribution in [0, 0.1) is 16.7 Å². The van der Waals surface area contributed by atoms with E-state index in [9.17, 15) is 14.1 Å². The average Bonchev–Trinajstić information content (AvgIpc) is 2.68. The van der Waals surface area contributed by atoms with Crippen molar-refractivity contribution in [3.05, 3.63) is 11.5 Å². The zero-order chi connectivity index (χ0) is 14.6. The van der Waals surface area contributed by atoms with Gasteiger partial charge in [0.2, 0.25) is 0 Å². The Balaban J connectivity index is 2.31. The molecule has 0 aliphatic heterocycles. The monoisotopic (exact) mass is 286 g/mol. The lowest BCUT2D eigenvalue weighted by atomic mass is 9.70. The second-order valence-corrected chi connectivity index (χ2v) is 8.04. The molecule has 0 radical (unpaired) electrons. The summed E-state index contributed by atoms with van der Waals surface area (Å²) in [5.41, 5.74) is -0.322. The average molecular weight is 286 g/mol.